The zero-order chi connectivity index (χ0) is 28.2. The van der Waals surface area contributed by atoms with E-state index in [0.29, 0.717) is 13.1 Å². The maximum Gasteiger partial charge on any atom is 0.254 e. The van der Waals surface area contributed by atoms with Gasteiger partial charge in [0.2, 0.25) is 0 Å². The van der Waals surface area contributed by atoms with Gasteiger partial charge in [-0.2, -0.15) is 0 Å². The standard InChI is InChI=1S/C34H41N5O/c1-5-28-10-6-8-12-32(28)37-18-20-39(21-19-37)34(40)31-23-29(25(2)22-26(31)3)24-36-14-16-38(17-15-36)33-13-9-7-11-30(33)27(4)35/h1,6-13,22-23,27H,14-21,24,35H2,2-4H3. The van der Waals surface area contributed by atoms with E-state index in [-0.39, 0.29) is 11.9 Å². The predicted octanol–water partition coefficient (Wildman–Crippen LogP) is 4.59. The lowest BCUT2D eigenvalue weighted by Gasteiger charge is -2.38. The first-order chi connectivity index (χ1) is 19.4. The van der Waals surface area contributed by atoms with E-state index in [1.54, 1.807) is 0 Å². The van der Waals surface area contributed by atoms with Gasteiger partial charge in [0, 0.05) is 81.8 Å². The summed E-state index contributed by atoms with van der Waals surface area (Å²) in [7, 11) is 0. The van der Waals surface area contributed by atoms with Crippen molar-refractivity contribution in [2.24, 2.45) is 5.73 Å². The Bertz CT molecular complexity index is 1390. The molecule has 2 aliphatic rings. The van der Waals surface area contributed by atoms with Crippen LogP contribution in [0, 0.1) is 26.2 Å². The van der Waals surface area contributed by atoms with Crippen molar-refractivity contribution in [3.8, 4) is 12.3 Å². The number of terminal acetylenes is 1. The molecule has 0 bridgehead atoms. The number of anilines is 2. The van der Waals surface area contributed by atoms with Crippen LogP contribution in [-0.2, 0) is 6.54 Å². The minimum atomic E-state index is 0.0159. The van der Waals surface area contributed by atoms with Crippen molar-refractivity contribution in [2.45, 2.75) is 33.4 Å². The smallest absolute Gasteiger partial charge is 0.254 e. The Kier molecular flexibility index (Phi) is 8.44. The van der Waals surface area contributed by atoms with Crippen molar-refractivity contribution in [3.05, 3.63) is 94.0 Å². The van der Waals surface area contributed by atoms with E-state index in [1.807, 2.05) is 30.0 Å². The fourth-order valence-corrected chi connectivity index (χ4v) is 6.04. The first kappa shape index (κ1) is 27.8. The van der Waals surface area contributed by atoms with Crippen LogP contribution in [-0.4, -0.2) is 68.1 Å². The van der Waals surface area contributed by atoms with Crippen LogP contribution in [0.5, 0.6) is 0 Å². The third kappa shape index (κ3) is 5.86. The lowest BCUT2D eigenvalue weighted by Crippen LogP contribution is -2.49. The highest BCUT2D eigenvalue weighted by Gasteiger charge is 2.26. The Morgan fingerprint density at radius 1 is 0.850 bits per heavy atom. The summed E-state index contributed by atoms with van der Waals surface area (Å²) >= 11 is 0. The van der Waals surface area contributed by atoms with Gasteiger partial charge in [-0.15, -0.1) is 6.42 Å². The lowest BCUT2D eigenvalue weighted by molar-refractivity contribution is 0.0746. The van der Waals surface area contributed by atoms with E-state index in [4.69, 9.17) is 12.2 Å². The molecular formula is C34H41N5O. The number of rotatable bonds is 6. The van der Waals surface area contributed by atoms with Crippen LogP contribution in [0.2, 0.25) is 0 Å². The number of aryl methyl sites for hydroxylation is 2. The van der Waals surface area contributed by atoms with Crippen LogP contribution < -0.4 is 15.5 Å². The van der Waals surface area contributed by atoms with Crippen molar-refractivity contribution in [1.82, 2.24) is 9.80 Å². The molecule has 0 saturated carbocycles. The monoisotopic (exact) mass is 535 g/mol. The minimum absolute atomic E-state index is 0.0159. The molecule has 6 nitrogen and oxygen atoms in total. The molecule has 3 aromatic carbocycles. The van der Waals surface area contributed by atoms with E-state index in [2.05, 4.69) is 76.9 Å². The van der Waals surface area contributed by atoms with E-state index in [9.17, 15) is 4.79 Å². The maximum absolute atomic E-state index is 13.7. The highest BCUT2D eigenvalue weighted by Crippen LogP contribution is 2.27. The number of para-hydroxylation sites is 2. The van der Waals surface area contributed by atoms with Crippen molar-refractivity contribution in [3.63, 3.8) is 0 Å². The first-order valence-electron chi connectivity index (χ1n) is 14.4. The topological polar surface area (TPSA) is 56.0 Å². The number of hydrogen-bond donors (Lipinski definition) is 1. The number of carbonyl (C=O) groups is 1. The maximum atomic E-state index is 13.7. The highest BCUT2D eigenvalue weighted by molar-refractivity contribution is 5.96. The SMILES string of the molecule is C#Cc1ccccc1N1CCN(C(=O)c2cc(CN3CCN(c4ccccc4C(C)N)CC3)c(C)cc2C)CC1. The third-order valence-electron chi connectivity index (χ3n) is 8.41. The molecule has 2 aliphatic heterocycles. The molecule has 3 aromatic rings. The van der Waals surface area contributed by atoms with Gasteiger partial charge in [-0.1, -0.05) is 42.3 Å². The van der Waals surface area contributed by atoms with Crippen molar-refractivity contribution in [2.75, 3.05) is 62.2 Å². The van der Waals surface area contributed by atoms with Crippen molar-refractivity contribution in [1.29, 1.82) is 0 Å². The summed E-state index contributed by atoms with van der Waals surface area (Å²) in [6, 6.07) is 20.9. The number of carbonyl (C=O) groups excluding carboxylic acids is 1. The quantitative estimate of drug-likeness (QED) is 0.468. The molecule has 2 fully saturated rings. The van der Waals surface area contributed by atoms with Crippen LogP contribution in [0.1, 0.15) is 51.1 Å². The molecule has 0 aliphatic carbocycles. The third-order valence-corrected chi connectivity index (χ3v) is 8.41. The number of amides is 1. The van der Waals surface area contributed by atoms with Gasteiger partial charge in [-0.05, 0) is 67.3 Å². The molecule has 2 heterocycles. The van der Waals surface area contributed by atoms with Crippen molar-refractivity contribution >= 4 is 17.3 Å². The average Bonchev–Trinajstić information content (AvgIpc) is 2.98. The predicted molar refractivity (Wildman–Crippen MR) is 165 cm³/mol. The second kappa shape index (κ2) is 12.2. The van der Waals surface area contributed by atoms with Crippen LogP contribution in [0.4, 0.5) is 11.4 Å². The van der Waals surface area contributed by atoms with Gasteiger partial charge in [-0.3, -0.25) is 9.69 Å². The molecule has 2 N–H and O–H groups in total. The van der Waals surface area contributed by atoms with Crippen LogP contribution in [0.25, 0.3) is 0 Å². The second-order valence-corrected chi connectivity index (χ2v) is 11.1. The zero-order valence-electron chi connectivity index (χ0n) is 24.1. The Morgan fingerprint density at radius 2 is 1.45 bits per heavy atom. The number of nitrogens with zero attached hydrogens (tertiary/aromatic N) is 4. The second-order valence-electron chi connectivity index (χ2n) is 11.1. The largest absolute Gasteiger partial charge is 0.369 e. The van der Waals surface area contributed by atoms with Gasteiger partial charge >= 0.3 is 0 Å². The summed E-state index contributed by atoms with van der Waals surface area (Å²) in [5.41, 5.74) is 15.0. The number of hydrogen-bond acceptors (Lipinski definition) is 5. The van der Waals surface area contributed by atoms with E-state index < -0.39 is 0 Å². The summed E-state index contributed by atoms with van der Waals surface area (Å²) in [6.45, 7) is 13.9. The summed E-state index contributed by atoms with van der Waals surface area (Å²) in [4.78, 5) is 22.9. The van der Waals surface area contributed by atoms with E-state index in [1.165, 1.54) is 22.4 Å². The molecule has 5 rings (SSSR count). The fourth-order valence-electron chi connectivity index (χ4n) is 6.04. The van der Waals surface area contributed by atoms with Crippen LogP contribution >= 0.6 is 0 Å². The van der Waals surface area contributed by atoms with Gasteiger partial charge in [0.15, 0.2) is 0 Å². The van der Waals surface area contributed by atoms with Crippen molar-refractivity contribution < 1.29 is 4.79 Å². The molecule has 0 aromatic heterocycles. The number of benzene rings is 3. The zero-order valence-corrected chi connectivity index (χ0v) is 24.1. The molecular weight excluding hydrogens is 494 g/mol. The molecule has 40 heavy (non-hydrogen) atoms. The van der Waals surface area contributed by atoms with E-state index >= 15 is 0 Å². The molecule has 0 spiro atoms. The van der Waals surface area contributed by atoms with Gasteiger partial charge < -0.3 is 20.4 Å². The summed E-state index contributed by atoms with van der Waals surface area (Å²) in [5.74, 6) is 2.91. The number of nitrogens with two attached hydrogens (primary N) is 1. The van der Waals surface area contributed by atoms with Gasteiger partial charge in [0.1, 0.15) is 0 Å². The van der Waals surface area contributed by atoms with Crippen LogP contribution in [0.15, 0.2) is 60.7 Å². The molecule has 2 saturated heterocycles. The summed E-state index contributed by atoms with van der Waals surface area (Å²) in [5, 5.41) is 0. The Labute approximate surface area is 239 Å². The van der Waals surface area contributed by atoms with E-state index in [0.717, 1.165) is 68.2 Å². The number of piperazine rings is 2. The van der Waals surface area contributed by atoms with Gasteiger partial charge in [-0.25, -0.2) is 0 Å². The summed E-state index contributed by atoms with van der Waals surface area (Å²) in [6.07, 6.45) is 5.72. The Balaban J connectivity index is 1.23. The van der Waals surface area contributed by atoms with Gasteiger partial charge in [0.25, 0.3) is 5.91 Å². The molecule has 208 valence electrons. The Hall–Kier alpha value is -3.79. The normalized spacial score (nSPS) is 17.0. The lowest BCUT2D eigenvalue weighted by atomic mass is 9.98. The minimum Gasteiger partial charge on any atom is -0.369 e. The molecule has 6 heteroatoms. The van der Waals surface area contributed by atoms with Gasteiger partial charge in [0.05, 0.1) is 5.69 Å². The fraction of sp³-hybridized carbons (Fsp3) is 0.382. The molecule has 0 radical (unpaired) electrons. The molecule has 1 unspecified atom stereocenters. The first-order valence-corrected chi connectivity index (χ1v) is 14.4. The molecule has 1 amide bonds. The van der Waals surface area contributed by atoms with Crippen LogP contribution in [0.3, 0.4) is 0 Å². The highest BCUT2D eigenvalue weighted by atomic mass is 16.2. The Morgan fingerprint density at radius 3 is 2.12 bits per heavy atom. The molecule has 1 atom stereocenters. The average molecular weight is 536 g/mol. The summed E-state index contributed by atoms with van der Waals surface area (Å²) < 4.78 is 0.